The molecule has 29 heavy (non-hydrogen) atoms. The molecule has 1 fully saturated rings. The Bertz CT molecular complexity index is 840. The molecule has 11 heteroatoms. The third-order valence-corrected chi connectivity index (χ3v) is 4.23. The van der Waals surface area contributed by atoms with Crippen LogP contribution in [0.15, 0.2) is 24.3 Å². The molecule has 0 radical (unpaired) electrons. The molecule has 1 aliphatic rings. The van der Waals surface area contributed by atoms with Crippen LogP contribution in [0.25, 0.3) is 0 Å². The predicted molar refractivity (Wildman–Crippen MR) is 96.7 cm³/mol. The number of nitrogens with one attached hydrogen (secondary N) is 1. The first-order valence-corrected chi connectivity index (χ1v) is 9.02. The number of ether oxygens (including phenoxy) is 2. The largest absolute Gasteiger partial charge is 0.573 e. The van der Waals surface area contributed by atoms with Gasteiger partial charge in [0.25, 0.3) is 5.91 Å². The van der Waals surface area contributed by atoms with Gasteiger partial charge in [-0.2, -0.15) is 15.0 Å². The van der Waals surface area contributed by atoms with Gasteiger partial charge >= 0.3 is 12.4 Å². The number of anilines is 1. The Morgan fingerprint density at radius 1 is 1.10 bits per heavy atom. The van der Waals surface area contributed by atoms with Crippen LogP contribution < -0.4 is 19.7 Å². The highest BCUT2D eigenvalue weighted by atomic mass is 19.4. The summed E-state index contributed by atoms with van der Waals surface area (Å²) in [6, 6.07) is 4.78. The van der Waals surface area contributed by atoms with Crippen LogP contribution in [0, 0.1) is 0 Å². The number of carbonyl (C=O) groups excluding carboxylic acids is 1. The molecule has 0 saturated carbocycles. The lowest BCUT2D eigenvalue weighted by Crippen LogP contribution is -2.32. The van der Waals surface area contributed by atoms with Gasteiger partial charge in [0, 0.05) is 18.7 Å². The molecule has 2 aromatic rings. The number of hydrogen-bond acceptors (Lipinski definition) is 7. The highest BCUT2D eigenvalue weighted by molar-refractivity contribution is 5.94. The number of rotatable bonds is 6. The topological polar surface area (TPSA) is 89.5 Å². The SMILES string of the molecule is COc1nc(CNC(=O)c2ccc(OC(F)(F)F)cc2)nc(N2CCCCC2)n1. The number of methoxy groups -OCH3 is 1. The van der Waals surface area contributed by atoms with Crippen molar-refractivity contribution in [2.75, 3.05) is 25.1 Å². The molecule has 0 bridgehead atoms. The Kier molecular flexibility index (Phi) is 6.35. The maximum Gasteiger partial charge on any atom is 0.573 e. The van der Waals surface area contributed by atoms with E-state index in [1.165, 1.54) is 19.2 Å². The van der Waals surface area contributed by atoms with Gasteiger partial charge in [0.1, 0.15) is 5.75 Å². The minimum atomic E-state index is -4.78. The maximum absolute atomic E-state index is 12.3. The molecule has 3 rings (SSSR count). The molecular weight excluding hydrogens is 391 g/mol. The number of piperidine rings is 1. The molecule has 1 aromatic carbocycles. The van der Waals surface area contributed by atoms with Gasteiger partial charge in [-0.1, -0.05) is 0 Å². The minimum Gasteiger partial charge on any atom is -0.467 e. The van der Waals surface area contributed by atoms with E-state index in [9.17, 15) is 18.0 Å². The van der Waals surface area contributed by atoms with Crippen molar-refractivity contribution in [2.45, 2.75) is 32.2 Å². The van der Waals surface area contributed by atoms with Crippen LogP contribution in [0.5, 0.6) is 11.8 Å². The van der Waals surface area contributed by atoms with E-state index in [0.717, 1.165) is 44.5 Å². The minimum absolute atomic E-state index is 0.0132. The van der Waals surface area contributed by atoms with Gasteiger partial charge in [-0.25, -0.2) is 0 Å². The van der Waals surface area contributed by atoms with Crippen molar-refractivity contribution in [2.24, 2.45) is 0 Å². The van der Waals surface area contributed by atoms with Crippen molar-refractivity contribution >= 4 is 11.9 Å². The van der Waals surface area contributed by atoms with E-state index in [1.807, 2.05) is 4.90 Å². The van der Waals surface area contributed by atoms with E-state index >= 15 is 0 Å². The summed E-state index contributed by atoms with van der Waals surface area (Å²) in [4.78, 5) is 27.1. The van der Waals surface area contributed by atoms with Gasteiger partial charge in [-0.3, -0.25) is 4.79 Å². The number of hydrogen-bond donors (Lipinski definition) is 1. The third-order valence-electron chi connectivity index (χ3n) is 4.23. The van der Waals surface area contributed by atoms with Crippen LogP contribution in [-0.2, 0) is 6.54 Å². The predicted octanol–water partition coefficient (Wildman–Crippen LogP) is 2.70. The molecule has 0 atom stereocenters. The molecule has 156 valence electrons. The smallest absolute Gasteiger partial charge is 0.467 e. The van der Waals surface area contributed by atoms with Crippen molar-refractivity contribution in [3.8, 4) is 11.8 Å². The maximum atomic E-state index is 12.3. The molecule has 0 spiro atoms. The monoisotopic (exact) mass is 411 g/mol. The standard InChI is InChI=1S/C18H20F3N5O3/c1-28-17-24-14(23-16(25-17)26-9-3-2-4-10-26)11-22-15(27)12-5-7-13(8-6-12)29-18(19,20)21/h5-8H,2-4,9-11H2,1H3,(H,22,27). The van der Waals surface area contributed by atoms with Crippen molar-refractivity contribution in [3.05, 3.63) is 35.7 Å². The highest BCUT2D eigenvalue weighted by Crippen LogP contribution is 2.23. The second-order valence-corrected chi connectivity index (χ2v) is 6.34. The summed E-state index contributed by atoms with van der Waals surface area (Å²) < 4.78 is 45.5. The molecule has 1 amide bonds. The van der Waals surface area contributed by atoms with Gasteiger partial charge in [0.05, 0.1) is 13.7 Å². The number of aromatic nitrogens is 3. The van der Waals surface area contributed by atoms with Crippen LogP contribution in [0.2, 0.25) is 0 Å². The lowest BCUT2D eigenvalue weighted by molar-refractivity contribution is -0.274. The van der Waals surface area contributed by atoms with Crippen LogP contribution in [0.3, 0.4) is 0 Å². The Morgan fingerprint density at radius 3 is 2.41 bits per heavy atom. The summed E-state index contributed by atoms with van der Waals surface area (Å²) in [5, 5.41) is 2.64. The summed E-state index contributed by atoms with van der Waals surface area (Å²) in [6.45, 7) is 1.69. The molecular formula is C18H20F3N5O3. The number of amides is 1. The molecule has 8 nitrogen and oxygen atoms in total. The lowest BCUT2D eigenvalue weighted by Gasteiger charge is -2.26. The summed E-state index contributed by atoms with van der Waals surface area (Å²) in [5.74, 6) is -0.0675. The van der Waals surface area contributed by atoms with Crippen LogP contribution in [-0.4, -0.2) is 47.4 Å². The molecule has 2 heterocycles. The lowest BCUT2D eigenvalue weighted by atomic mass is 10.1. The van der Waals surface area contributed by atoms with Crippen LogP contribution >= 0.6 is 0 Å². The third kappa shape index (κ3) is 5.93. The van der Waals surface area contributed by atoms with Crippen LogP contribution in [0.1, 0.15) is 35.4 Å². The summed E-state index contributed by atoms with van der Waals surface area (Å²) in [6.07, 6.45) is -1.52. The summed E-state index contributed by atoms with van der Waals surface area (Å²) >= 11 is 0. The second-order valence-electron chi connectivity index (χ2n) is 6.34. The molecule has 0 unspecified atom stereocenters. The van der Waals surface area contributed by atoms with Crippen molar-refractivity contribution < 1.29 is 27.4 Å². The van der Waals surface area contributed by atoms with Gasteiger partial charge in [-0.05, 0) is 43.5 Å². The Labute approximate surface area is 165 Å². The number of nitrogens with zero attached hydrogens (tertiary/aromatic N) is 4. The van der Waals surface area contributed by atoms with Gasteiger partial charge < -0.3 is 19.7 Å². The van der Waals surface area contributed by atoms with Crippen molar-refractivity contribution in [1.29, 1.82) is 0 Å². The van der Waals surface area contributed by atoms with Crippen molar-refractivity contribution in [1.82, 2.24) is 20.3 Å². The van der Waals surface area contributed by atoms with Gasteiger partial charge in [0.15, 0.2) is 5.82 Å². The molecule has 1 saturated heterocycles. The zero-order valence-corrected chi connectivity index (χ0v) is 15.7. The Hall–Kier alpha value is -3.11. The van der Waals surface area contributed by atoms with Crippen LogP contribution in [0.4, 0.5) is 19.1 Å². The molecule has 1 N–H and O–H groups in total. The summed E-state index contributed by atoms with van der Waals surface area (Å²) in [7, 11) is 1.45. The number of alkyl halides is 3. The Morgan fingerprint density at radius 2 is 1.79 bits per heavy atom. The fourth-order valence-electron chi connectivity index (χ4n) is 2.86. The highest BCUT2D eigenvalue weighted by Gasteiger charge is 2.31. The fourth-order valence-corrected chi connectivity index (χ4v) is 2.86. The fraction of sp³-hybridized carbons (Fsp3) is 0.444. The first-order chi connectivity index (χ1) is 13.8. The number of carbonyl (C=O) groups is 1. The normalized spacial score (nSPS) is 14.4. The Balaban J connectivity index is 1.64. The molecule has 0 aliphatic carbocycles. The summed E-state index contributed by atoms with van der Waals surface area (Å²) in [5.41, 5.74) is 0.178. The second kappa shape index (κ2) is 8.93. The van der Waals surface area contributed by atoms with E-state index < -0.39 is 18.0 Å². The average Bonchev–Trinajstić information content (AvgIpc) is 2.72. The average molecular weight is 411 g/mol. The van der Waals surface area contributed by atoms with Gasteiger partial charge in [-0.15, -0.1) is 13.2 Å². The van der Waals surface area contributed by atoms with E-state index in [4.69, 9.17) is 4.74 Å². The van der Waals surface area contributed by atoms with E-state index in [1.54, 1.807) is 0 Å². The zero-order chi connectivity index (χ0) is 20.9. The quantitative estimate of drug-likeness (QED) is 0.782. The first-order valence-electron chi connectivity index (χ1n) is 9.02. The zero-order valence-electron chi connectivity index (χ0n) is 15.7. The van der Waals surface area contributed by atoms with E-state index in [-0.39, 0.29) is 18.1 Å². The number of benzene rings is 1. The molecule has 1 aromatic heterocycles. The molecule has 1 aliphatic heterocycles. The first kappa shape index (κ1) is 20.6. The van der Waals surface area contributed by atoms with E-state index in [2.05, 4.69) is 25.0 Å². The van der Waals surface area contributed by atoms with Crippen molar-refractivity contribution in [3.63, 3.8) is 0 Å². The van der Waals surface area contributed by atoms with E-state index in [0.29, 0.717) is 11.8 Å². The van der Waals surface area contributed by atoms with Gasteiger partial charge in [0.2, 0.25) is 5.95 Å². The number of halogens is 3.